The molecule has 2 rings (SSSR count). The first-order valence-corrected chi connectivity index (χ1v) is 13.1. The van der Waals surface area contributed by atoms with Gasteiger partial charge in [-0.15, -0.1) is 0 Å². The highest BCUT2D eigenvalue weighted by Crippen LogP contribution is 2.20. The van der Waals surface area contributed by atoms with Crippen LogP contribution in [0.15, 0.2) is 11.4 Å². The van der Waals surface area contributed by atoms with Crippen LogP contribution in [0.4, 0.5) is 0 Å². The summed E-state index contributed by atoms with van der Waals surface area (Å²) in [5.41, 5.74) is 0.934. The third kappa shape index (κ3) is 7.08. The van der Waals surface area contributed by atoms with E-state index in [4.69, 9.17) is 0 Å². The van der Waals surface area contributed by atoms with Gasteiger partial charge < -0.3 is 9.88 Å². The predicted molar refractivity (Wildman–Crippen MR) is 120 cm³/mol. The molecule has 0 aromatic carbocycles. The first-order chi connectivity index (χ1) is 14.1. The molecule has 1 atom stereocenters. The van der Waals surface area contributed by atoms with Crippen LogP contribution in [0.3, 0.4) is 0 Å². The topological polar surface area (TPSA) is 84.3 Å². The molecular weight excluding hydrogens is 400 g/mol. The van der Waals surface area contributed by atoms with E-state index >= 15 is 0 Å². The lowest BCUT2D eigenvalue weighted by atomic mass is 10.1. The highest BCUT2D eigenvalue weighted by molar-refractivity contribution is 7.91. The zero-order valence-electron chi connectivity index (χ0n) is 19.4. The molecule has 0 aliphatic carbocycles. The van der Waals surface area contributed by atoms with E-state index in [9.17, 15) is 13.2 Å². The van der Waals surface area contributed by atoms with Gasteiger partial charge in [0.1, 0.15) is 0 Å². The van der Waals surface area contributed by atoms with Gasteiger partial charge in [0.05, 0.1) is 17.6 Å². The second kappa shape index (κ2) is 11.3. The van der Waals surface area contributed by atoms with Gasteiger partial charge in [-0.3, -0.25) is 9.69 Å². The molecule has 30 heavy (non-hydrogen) atoms. The van der Waals surface area contributed by atoms with Crippen LogP contribution in [0.25, 0.3) is 0 Å². The minimum atomic E-state index is -3.41. The van der Waals surface area contributed by atoms with Gasteiger partial charge in [0.25, 0.3) is 0 Å². The molecule has 1 aliphatic rings. The van der Waals surface area contributed by atoms with Gasteiger partial charge in [-0.05, 0) is 45.4 Å². The van der Waals surface area contributed by atoms with E-state index in [0.717, 1.165) is 37.9 Å². The summed E-state index contributed by atoms with van der Waals surface area (Å²) in [6.07, 6.45) is 6.64. The minimum Gasteiger partial charge on any atom is -0.352 e. The first kappa shape index (κ1) is 24.9. The van der Waals surface area contributed by atoms with E-state index in [2.05, 4.69) is 49.8 Å². The molecule has 1 aromatic rings. The maximum Gasteiger partial charge on any atom is 0.227 e. The van der Waals surface area contributed by atoms with Gasteiger partial charge in [0.15, 0.2) is 0 Å². The third-order valence-corrected chi connectivity index (χ3v) is 7.45. The molecule has 0 radical (unpaired) electrons. The van der Waals surface area contributed by atoms with Crippen molar-refractivity contribution >= 4 is 15.7 Å². The van der Waals surface area contributed by atoms with E-state index in [-0.39, 0.29) is 28.9 Å². The molecule has 1 aliphatic heterocycles. The molecule has 1 saturated heterocycles. The zero-order valence-corrected chi connectivity index (χ0v) is 20.2. The van der Waals surface area contributed by atoms with Crippen LogP contribution in [-0.4, -0.2) is 53.2 Å². The Morgan fingerprint density at radius 1 is 1.27 bits per heavy atom. The summed E-state index contributed by atoms with van der Waals surface area (Å²) < 4.78 is 27.9. The molecule has 1 N–H and O–H groups in total. The van der Waals surface area contributed by atoms with E-state index in [1.54, 1.807) is 6.20 Å². The molecule has 1 fully saturated rings. The van der Waals surface area contributed by atoms with Crippen molar-refractivity contribution in [2.75, 3.05) is 12.3 Å². The number of aromatic nitrogens is 2. The maximum absolute atomic E-state index is 13.0. The smallest absolute Gasteiger partial charge is 0.227 e. The van der Waals surface area contributed by atoms with Crippen molar-refractivity contribution in [3.63, 3.8) is 0 Å². The van der Waals surface area contributed by atoms with E-state index in [0.29, 0.717) is 31.8 Å². The Kier molecular flexibility index (Phi) is 9.34. The molecule has 1 aromatic heterocycles. The lowest BCUT2D eigenvalue weighted by molar-refractivity contribution is -0.119. The lowest BCUT2D eigenvalue weighted by Gasteiger charge is -2.29. The number of nitrogens with one attached hydrogen (secondary N) is 1. The molecule has 0 spiro atoms. The first-order valence-electron chi connectivity index (χ1n) is 11.4. The van der Waals surface area contributed by atoms with Crippen LogP contribution in [0.1, 0.15) is 78.8 Å². The lowest BCUT2D eigenvalue weighted by Crippen LogP contribution is -2.42. The Balaban J connectivity index is 2.20. The maximum atomic E-state index is 13.0. The van der Waals surface area contributed by atoms with Gasteiger partial charge in [-0.2, -0.15) is 0 Å². The Morgan fingerprint density at radius 2 is 2.00 bits per heavy atom. The highest BCUT2D eigenvalue weighted by Gasteiger charge is 2.27. The van der Waals surface area contributed by atoms with Crippen molar-refractivity contribution in [1.82, 2.24) is 19.8 Å². The fourth-order valence-corrected chi connectivity index (χ4v) is 5.34. The SMILES string of the molecule is CCCCn1c(CN(CC2CCC(=O)N2)C(C)C)cnc1S(=O)(=O)CCCC(C)C. The number of hydrogen-bond donors (Lipinski definition) is 1. The average Bonchev–Trinajstić information content (AvgIpc) is 3.25. The number of amides is 1. The molecule has 172 valence electrons. The fourth-order valence-electron chi connectivity index (χ4n) is 3.86. The van der Waals surface area contributed by atoms with E-state index < -0.39 is 9.84 Å². The monoisotopic (exact) mass is 440 g/mol. The summed E-state index contributed by atoms with van der Waals surface area (Å²) in [7, 11) is -3.41. The van der Waals surface area contributed by atoms with Crippen LogP contribution in [-0.2, 0) is 27.7 Å². The van der Waals surface area contributed by atoms with E-state index in [1.165, 1.54) is 0 Å². The molecule has 7 nitrogen and oxygen atoms in total. The highest BCUT2D eigenvalue weighted by atomic mass is 32.2. The number of carbonyl (C=O) groups excluding carboxylic acids is 1. The number of imidazole rings is 1. The molecule has 0 bridgehead atoms. The van der Waals surface area contributed by atoms with Crippen molar-refractivity contribution in [2.45, 2.75) is 103 Å². The number of hydrogen-bond acceptors (Lipinski definition) is 5. The average molecular weight is 441 g/mol. The van der Waals surface area contributed by atoms with Crippen LogP contribution in [0.2, 0.25) is 0 Å². The molecule has 1 amide bonds. The van der Waals surface area contributed by atoms with Gasteiger partial charge in [0.2, 0.25) is 20.9 Å². The van der Waals surface area contributed by atoms with Crippen molar-refractivity contribution in [2.24, 2.45) is 5.92 Å². The molecule has 0 saturated carbocycles. The molecule has 8 heteroatoms. The molecule has 2 heterocycles. The van der Waals surface area contributed by atoms with Crippen LogP contribution >= 0.6 is 0 Å². The summed E-state index contributed by atoms with van der Waals surface area (Å²) in [5, 5.41) is 3.25. The second-order valence-corrected chi connectivity index (χ2v) is 11.2. The summed E-state index contributed by atoms with van der Waals surface area (Å²) in [5.74, 6) is 0.758. The van der Waals surface area contributed by atoms with Crippen LogP contribution in [0.5, 0.6) is 0 Å². The normalized spacial score (nSPS) is 17.5. The number of unbranched alkanes of at least 4 members (excludes halogenated alkanes) is 1. The number of nitrogens with zero attached hydrogens (tertiary/aromatic N) is 3. The zero-order chi connectivity index (χ0) is 22.3. The van der Waals surface area contributed by atoms with Gasteiger partial charge in [-0.1, -0.05) is 27.2 Å². The number of carbonyl (C=O) groups is 1. The Morgan fingerprint density at radius 3 is 2.57 bits per heavy atom. The number of sulfone groups is 1. The standard InChI is InChI=1S/C22H40N4O3S/c1-6-7-12-26-20(14-23-22(26)30(28,29)13-8-9-17(2)3)16-25(18(4)5)15-19-10-11-21(27)24-19/h14,17-19H,6-13,15-16H2,1-5H3,(H,24,27). The van der Waals surface area contributed by atoms with Crippen molar-refractivity contribution in [3.05, 3.63) is 11.9 Å². The Labute approximate surface area is 182 Å². The predicted octanol–water partition coefficient (Wildman–Crippen LogP) is 3.38. The largest absolute Gasteiger partial charge is 0.352 e. The van der Waals surface area contributed by atoms with Gasteiger partial charge >= 0.3 is 0 Å². The third-order valence-electron chi connectivity index (χ3n) is 5.74. The Bertz CT molecular complexity index is 786. The van der Waals surface area contributed by atoms with Crippen molar-refractivity contribution < 1.29 is 13.2 Å². The van der Waals surface area contributed by atoms with Gasteiger partial charge in [0, 0.05) is 38.1 Å². The summed E-state index contributed by atoms with van der Waals surface area (Å²) >= 11 is 0. The van der Waals surface area contributed by atoms with E-state index in [1.807, 2.05) is 4.57 Å². The van der Waals surface area contributed by atoms with Gasteiger partial charge in [-0.25, -0.2) is 13.4 Å². The quantitative estimate of drug-likeness (QED) is 0.508. The number of rotatable bonds is 13. The van der Waals surface area contributed by atoms with Crippen LogP contribution in [0, 0.1) is 5.92 Å². The minimum absolute atomic E-state index is 0.117. The van der Waals surface area contributed by atoms with Crippen molar-refractivity contribution in [3.8, 4) is 0 Å². The molecule has 1 unspecified atom stereocenters. The Hall–Kier alpha value is -1.41. The second-order valence-electron chi connectivity index (χ2n) is 9.22. The summed E-state index contributed by atoms with van der Waals surface area (Å²) in [4.78, 5) is 18.2. The summed E-state index contributed by atoms with van der Waals surface area (Å²) in [6, 6.07) is 0.439. The summed E-state index contributed by atoms with van der Waals surface area (Å²) in [6.45, 7) is 12.6. The fraction of sp³-hybridized carbons (Fsp3) is 0.818. The van der Waals surface area contributed by atoms with Crippen LogP contribution < -0.4 is 5.32 Å². The van der Waals surface area contributed by atoms with Crippen molar-refractivity contribution in [1.29, 1.82) is 0 Å². The molecular formula is C22H40N4O3S.